The average Bonchev–Trinajstić information content (AvgIpc) is 2.77. The van der Waals surface area contributed by atoms with Gasteiger partial charge in [-0.25, -0.2) is 9.67 Å². The second kappa shape index (κ2) is 7.32. The first-order chi connectivity index (χ1) is 10.8. The molecule has 1 N–H and O–H groups in total. The first kappa shape index (κ1) is 17.8. The van der Waals surface area contributed by atoms with E-state index in [-0.39, 0.29) is 6.61 Å². The normalized spacial score (nSPS) is 12.7. The first-order valence-electron chi connectivity index (χ1n) is 7.77. The fourth-order valence-electron chi connectivity index (χ4n) is 2.42. The highest BCUT2D eigenvalue weighted by molar-refractivity contribution is 6.31. The molecule has 0 saturated carbocycles. The van der Waals surface area contributed by atoms with Crippen LogP contribution in [0.15, 0.2) is 12.1 Å². The van der Waals surface area contributed by atoms with Gasteiger partial charge >= 0.3 is 0 Å². The maximum absolute atomic E-state index is 10.2. The molecule has 5 nitrogen and oxygen atoms in total. The molecule has 23 heavy (non-hydrogen) atoms. The van der Waals surface area contributed by atoms with E-state index in [1.807, 2.05) is 32.9 Å². The zero-order valence-electron chi connectivity index (χ0n) is 14.3. The van der Waals surface area contributed by atoms with Crippen LogP contribution in [0.1, 0.15) is 42.5 Å². The molecular weight excluding hydrogens is 314 g/mol. The number of halogens is 1. The van der Waals surface area contributed by atoms with E-state index in [1.165, 1.54) is 0 Å². The van der Waals surface area contributed by atoms with E-state index < -0.39 is 6.10 Å². The number of benzene rings is 1. The Morgan fingerprint density at radius 3 is 2.52 bits per heavy atom. The zero-order chi connectivity index (χ0) is 17.1. The molecule has 0 spiro atoms. The van der Waals surface area contributed by atoms with Gasteiger partial charge in [0.25, 0.3) is 0 Å². The third-order valence-electron chi connectivity index (χ3n) is 3.69. The topological polar surface area (TPSA) is 60.2 Å². The van der Waals surface area contributed by atoms with Crippen molar-refractivity contribution in [1.29, 1.82) is 0 Å². The molecule has 1 aromatic carbocycles. The largest absolute Gasteiger partial charge is 0.491 e. The van der Waals surface area contributed by atoms with E-state index in [2.05, 4.69) is 23.9 Å². The fraction of sp³-hybridized carbons (Fsp3) is 0.529. The van der Waals surface area contributed by atoms with Gasteiger partial charge in [-0.2, -0.15) is 5.10 Å². The number of rotatable bonds is 6. The van der Waals surface area contributed by atoms with Crippen molar-refractivity contribution in [2.45, 2.75) is 53.2 Å². The van der Waals surface area contributed by atoms with Crippen molar-refractivity contribution in [3.8, 4) is 5.75 Å². The Labute approximate surface area is 142 Å². The van der Waals surface area contributed by atoms with E-state index in [4.69, 9.17) is 16.3 Å². The van der Waals surface area contributed by atoms with Crippen LogP contribution in [-0.2, 0) is 6.54 Å². The zero-order valence-corrected chi connectivity index (χ0v) is 15.1. The maximum Gasteiger partial charge on any atom is 0.147 e. The quantitative estimate of drug-likeness (QED) is 0.877. The Hall–Kier alpha value is -1.59. The van der Waals surface area contributed by atoms with Gasteiger partial charge in [-0.15, -0.1) is 0 Å². The number of hydrogen-bond donors (Lipinski definition) is 1. The van der Waals surface area contributed by atoms with E-state index in [0.29, 0.717) is 18.3 Å². The predicted molar refractivity (Wildman–Crippen MR) is 91.3 cm³/mol. The van der Waals surface area contributed by atoms with Gasteiger partial charge in [-0.05, 0) is 49.9 Å². The monoisotopic (exact) mass is 337 g/mol. The SMILES string of the molecule is Cc1nc(C)n(C[C@H](O)COc2cc(C)c(Cl)cc2C(C)C)n1. The molecule has 0 saturated heterocycles. The highest BCUT2D eigenvalue weighted by atomic mass is 35.5. The van der Waals surface area contributed by atoms with Gasteiger partial charge in [-0.3, -0.25) is 0 Å². The molecule has 6 heteroatoms. The minimum absolute atomic E-state index is 0.194. The molecule has 0 radical (unpaired) electrons. The molecule has 0 amide bonds. The molecule has 126 valence electrons. The van der Waals surface area contributed by atoms with E-state index in [0.717, 1.165) is 27.7 Å². The van der Waals surface area contributed by atoms with Crippen molar-refractivity contribution in [3.05, 3.63) is 39.9 Å². The fourth-order valence-corrected chi connectivity index (χ4v) is 2.59. The van der Waals surface area contributed by atoms with Gasteiger partial charge < -0.3 is 9.84 Å². The number of aromatic nitrogens is 3. The van der Waals surface area contributed by atoms with Gasteiger partial charge in [0.05, 0.1) is 6.54 Å². The van der Waals surface area contributed by atoms with Crippen molar-refractivity contribution in [3.63, 3.8) is 0 Å². The molecule has 0 aliphatic rings. The van der Waals surface area contributed by atoms with Crippen molar-refractivity contribution in [1.82, 2.24) is 14.8 Å². The van der Waals surface area contributed by atoms with E-state index in [1.54, 1.807) is 4.68 Å². The number of ether oxygens (including phenoxy) is 1. The molecule has 0 fully saturated rings. The van der Waals surface area contributed by atoms with Crippen molar-refractivity contribution >= 4 is 11.6 Å². The van der Waals surface area contributed by atoms with Crippen LogP contribution in [-0.4, -0.2) is 32.6 Å². The van der Waals surface area contributed by atoms with Gasteiger partial charge in [0.2, 0.25) is 0 Å². The summed E-state index contributed by atoms with van der Waals surface area (Å²) in [6.45, 7) is 10.4. The molecule has 0 unspecified atom stereocenters. The molecule has 0 aliphatic carbocycles. The second-order valence-electron chi connectivity index (χ2n) is 6.15. The Balaban J connectivity index is 2.05. The maximum atomic E-state index is 10.2. The summed E-state index contributed by atoms with van der Waals surface area (Å²) in [5, 5.41) is 15.2. The average molecular weight is 338 g/mol. The Morgan fingerprint density at radius 1 is 1.26 bits per heavy atom. The molecule has 1 aromatic heterocycles. The molecule has 2 aromatic rings. The Morgan fingerprint density at radius 2 is 1.96 bits per heavy atom. The molecule has 1 heterocycles. The van der Waals surface area contributed by atoms with Crippen LogP contribution < -0.4 is 4.74 Å². The lowest BCUT2D eigenvalue weighted by Crippen LogP contribution is -2.25. The summed E-state index contributed by atoms with van der Waals surface area (Å²) in [7, 11) is 0. The molecule has 1 atom stereocenters. The van der Waals surface area contributed by atoms with Crippen LogP contribution in [0.5, 0.6) is 5.75 Å². The summed E-state index contributed by atoms with van der Waals surface area (Å²) in [6, 6.07) is 3.86. The number of aliphatic hydroxyl groups is 1. The highest BCUT2D eigenvalue weighted by Crippen LogP contribution is 2.32. The van der Waals surface area contributed by atoms with Crippen LogP contribution in [0.2, 0.25) is 5.02 Å². The molecule has 2 rings (SSSR count). The highest BCUT2D eigenvalue weighted by Gasteiger charge is 2.14. The van der Waals surface area contributed by atoms with Gasteiger partial charge in [0.1, 0.15) is 30.1 Å². The van der Waals surface area contributed by atoms with Gasteiger partial charge in [0.15, 0.2) is 0 Å². The number of hydrogen-bond acceptors (Lipinski definition) is 4. The second-order valence-corrected chi connectivity index (χ2v) is 6.55. The minimum Gasteiger partial charge on any atom is -0.491 e. The minimum atomic E-state index is -0.661. The predicted octanol–water partition coefficient (Wildman–Crippen LogP) is 3.42. The van der Waals surface area contributed by atoms with Gasteiger partial charge in [0, 0.05) is 5.02 Å². The molecular formula is C17H24ClN3O2. The van der Waals surface area contributed by atoms with E-state index >= 15 is 0 Å². The molecule has 0 aliphatic heterocycles. The van der Waals surface area contributed by atoms with Crippen LogP contribution in [0.25, 0.3) is 0 Å². The van der Waals surface area contributed by atoms with Gasteiger partial charge in [-0.1, -0.05) is 25.4 Å². The van der Waals surface area contributed by atoms with Crippen molar-refractivity contribution in [2.75, 3.05) is 6.61 Å². The van der Waals surface area contributed by atoms with Crippen LogP contribution in [0.3, 0.4) is 0 Å². The van der Waals surface area contributed by atoms with Crippen molar-refractivity contribution < 1.29 is 9.84 Å². The van der Waals surface area contributed by atoms with Crippen LogP contribution in [0.4, 0.5) is 0 Å². The van der Waals surface area contributed by atoms with Crippen LogP contribution >= 0.6 is 11.6 Å². The Bertz CT molecular complexity index is 683. The molecule has 0 bridgehead atoms. The first-order valence-corrected chi connectivity index (χ1v) is 8.14. The smallest absolute Gasteiger partial charge is 0.147 e. The number of aryl methyl sites for hydroxylation is 3. The lowest BCUT2D eigenvalue weighted by atomic mass is 10.0. The van der Waals surface area contributed by atoms with E-state index in [9.17, 15) is 5.11 Å². The lowest BCUT2D eigenvalue weighted by molar-refractivity contribution is 0.0880. The summed E-state index contributed by atoms with van der Waals surface area (Å²) < 4.78 is 7.54. The van der Waals surface area contributed by atoms with Crippen LogP contribution in [0, 0.1) is 20.8 Å². The summed E-state index contributed by atoms with van der Waals surface area (Å²) in [4.78, 5) is 4.23. The Kier molecular flexibility index (Phi) is 5.65. The summed E-state index contributed by atoms with van der Waals surface area (Å²) in [6.07, 6.45) is -0.661. The lowest BCUT2D eigenvalue weighted by Gasteiger charge is -2.18. The number of nitrogens with zero attached hydrogens (tertiary/aromatic N) is 3. The summed E-state index contributed by atoms with van der Waals surface area (Å²) >= 11 is 6.20. The third-order valence-corrected chi connectivity index (χ3v) is 4.10. The standard InChI is InChI=1S/C17H24ClN3O2/c1-10(2)15-7-16(18)11(3)6-17(15)23-9-14(22)8-21-13(5)19-12(4)20-21/h6-7,10,14,22H,8-9H2,1-5H3/t14-/m0/s1. The van der Waals surface area contributed by atoms with Crippen molar-refractivity contribution in [2.24, 2.45) is 0 Å². The number of aliphatic hydroxyl groups excluding tert-OH is 1. The summed E-state index contributed by atoms with van der Waals surface area (Å²) in [5.41, 5.74) is 2.00. The summed E-state index contributed by atoms with van der Waals surface area (Å²) in [5.74, 6) is 2.55. The third kappa shape index (κ3) is 4.45.